The van der Waals surface area contributed by atoms with Gasteiger partial charge in [-0.25, -0.2) is 0 Å². The maximum Gasteiger partial charge on any atom is 0.0945 e. The van der Waals surface area contributed by atoms with Crippen molar-refractivity contribution in [3.63, 3.8) is 0 Å². The Labute approximate surface area is 136 Å². The lowest BCUT2D eigenvalue weighted by Gasteiger charge is -2.32. The third-order valence-corrected chi connectivity index (χ3v) is 6.09. The molecule has 0 N–H and O–H groups in total. The monoisotopic (exact) mass is 398 g/mol. The first-order valence-electron chi connectivity index (χ1n) is 6.11. The summed E-state index contributed by atoms with van der Waals surface area (Å²) in [5.74, 6) is 0. The summed E-state index contributed by atoms with van der Waals surface area (Å²) in [5.41, 5.74) is 2.53. The Morgan fingerprint density at radius 1 is 0.684 bits per heavy atom. The van der Waals surface area contributed by atoms with Crippen LogP contribution in [0.5, 0.6) is 0 Å². The summed E-state index contributed by atoms with van der Waals surface area (Å²) in [5, 5.41) is 0. The van der Waals surface area contributed by atoms with Gasteiger partial charge in [-0.2, -0.15) is 0 Å². The number of benzene rings is 2. The first-order chi connectivity index (χ1) is 8.92. The normalized spacial score (nSPS) is 17.5. The zero-order valence-electron chi connectivity index (χ0n) is 10.9. The first-order valence-corrected chi connectivity index (χ1v) is 8.51. The van der Waals surface area contributed by atoms with Crippen molar-refractivity contribution in [1.29, 1.82) is 0 Å². The van der Waals surface area contributed by atoms with Gasteiger partial charge in [0, 0.05) is 0 Å². The van der Waals surface area contributed by atoms with E-state index in [4.69, 9.17) is 0 Å². The fraction of sp³-hybridized carbons (Fsp3) is 0.250. The SMILES string of the molecule is CC(Br)(SC(C)(Br)c1ccccc1)c1ccccc1. The smallest absolute Gasteiger partial charge is 0.0945 e. The van der Waals surface area contributed by atoms with Crippen LogP contribution in [-0.2, 0) is 7.31 Å². The summed E-state index contributed by atoms with van der Waals surface area (Å²) >= 11 is 9.56. The number of hydrogen-bond donors (Lipinski definition) is 0. The highest BCUT2D eigenvalue weighted by molar-refractivity contribution is 9.13. The molecule has 0 aliphatic heterocycles. The van der Waals surface area contributed by atoms with Crippen LogP contribution in [0.2, 0.25) is 0 Å². The van der Waals surface area contributed by atoms with Crippen molar-refractivity contribution in [1.82, 2.24) is 0 Å². The Balaban J connectivity index is 2.25. The van der Waals surface area contributed by atoms with Crippen LogP contribution in [0.1, 0.15) is 25.0 Å². The molecule has 0 bridgehead atoms. The van der Waals surface area contributed by atoms with Gasteiger partial charge in [-0.1, -0.05) is 92.5 Å². The van der Waals surface area contributed by atoms with Crippen molar-refractivity contribution in [3.05, 3.63) is 71.8 Å². The summed E-state index contributed by atoms with van der Waals surface area (Å²) in [6.07, 6.45) is 0. The van der Waals surface area contributed by atoms with E-state index in [1.807, 2.05) is 23.9 Å². The van der Waals surface area contributed by atoms with Gasteiger partial charge in [-0.05, 0) is 25.0 Å². The van der Waals surface area contributed by atoms with Gasteiger partial charge >= 0.3 is 0 Å². The lowest BCUT2D eigenvalue weighted by Crippen LogP contribution is -2.18. The highest BCUT2D eigenvalue weighted by Gasteiger charge is 2.34. The van der Waals surface area contributed by atoms with E-state index in [2.05, 4.69) is 94.2 Å². The largest absolute Gasteiger partial charge is 0.116 e. The lowest BCUT2D eigenvalue weighted by molar-refractivity contribution is 0.967. The quantitative estimate of drug-likeness (QED) is 0.547. The van der Waals surface area contributed by atoms with Crippen LogP contribution < -0.4 is 0 Å². The van der Waals surface area contributed by atoms with E-state index in [1.165, 1.54) is 11.1 Å². The van der Waals surface area contributed by atoms with E-state index in [9.17, 15) is 0 Å². The van der Waals surface area contributed by atoms with Crippen LogP contribution >= 0.6 is 43.6 Å². The van der Waals surface area contributed by atoms with E-state index in [0.29, 0.717) is 0 Å². The summed E-state index contributed by atoms with van der Waals surface area (Å²) in [7, 11) is 0. The predicted octanol–water partition coefficient (Wildman–Crippen LogP) is 6.26. The van der Waals surface area contributed by atoms with Crippen molar-refractivity contribution < 1.29 is 0 Å². The molecule has 0 nitrogen and oxygen atoms in total. The van der Waals surface area contributed by atoms with Crippen LogP contribution in [0.25, 0.3) is 0 Å². The lowest BCUT2D eigenvalue weighted by atomic mass is 10.2. The fourth-order valence-electron chi connectivity index (χ4n) is 1.95. The molecule has 100 valence electrons. The number of halogens is 2. The Hall–Kier alpha value is -0.250. The second-order valence-electron chi connectivity index (χ2n) is 4.67. The van der Waals surface area contributed by atoms with E-state index in [1.54, 1.807) is 0 Å². The van der Waals surface area contributed by atoms with Crippen LogP contribution in [0.4, 0.5) is 0 Å². The molecule has 0 aliphatic carbocycles. The number of hydrogen-bond acceptors (Lipinski definition) is 1. The molecule has 0 spiro atoms. The van der Waals surface area contributed by atoms with Crippen molar-refractivity contribution >= 4 is 43.6 Å². The zero-order chi connectivity index (χ0) is 13.9. The second kappa shape index (κ2) is 6.02. The van der Waals surface area contributed by atoms with E-state index < -0.39 is 0 Å². The van der Waals surface area contributed by atoms with Crippen LogP contribution in [0, 0.1) is 0 Å². The van der Waals surface area contributed by atoms with E-state index in [-0.39, 0.29) is 7.31 Å². The maximum absolute atomic E-state index is 3.86. The molecule has 0 fully saturated rings. The zero-order valence-corrected chi connectivity index (χ0v) is 14.9. The topological polar surface area (TPSA) is 0 Å². The molecule has 0 aliphatic rings. The molecule has 0 amide bonds. The minimum absolute atomic E-state index is 0.137. The van der Waals surface area contributed by atoms with Gasteiger partial charge in [-0.15, -0.1) is 11.8 Å². The summed E-state index contributed by atoms with van der Waals surface area (Å²) in [4.78, 5) is 0. The minimum atomic E-state index is -0.137. The van der Waals surface area contributed by atoms with Gasteiger partial charge in [-0.3, -0.25) is 0 Å². The first kappa shape index (κ1) is 15.1. The molecule has 2 unspecified atom stereocenters. The number of rotatable bonds is 4. The molecule has 19 heavy (non-hydrogen) atoms. The van der Waals surface area contributed by atoms with Crippen LogP contribution in [0.3, 0.4) is 0 Å². The molecule has 0 saturated carbocycles. The number of alkyl halides is 2. The molecule has 2 aromatic carbocycles. The molecular weight excluding hydrogens is 384 g/mol. The summed E-state index contributed by atoms with van der Waals surface area (Å²) in [6.45, 7) is 4.38. The predicted molar refractivity (Wildman–Crippen MR) is 93.0 cm³/mol. The molecule has 3 heteroatoms. The van der Waals surface area contributed by atoms with Crippen LogP contribution in [0.15, 0.2) is 60.7 Å². The van der Waals surface area contributed by atoms with Gasteiger partial charge in [0.1, 0.15) is 0 Å². The van der Waals surface area contributed by atoms with Crippen molar-refractivity contribution in [2.24, 2.45) is 0 Å². The molecule has 2 aromatic rings. The molecular formula is C16H16Br2S. The Morgan fingerprint density at radius 3 is 1.32 bits per heavy atom. The van der Waals surface area contributed by atoms with Crippen LogP contribution in [-0.4, -0.2) is 0 Å². The average Bonchev–Trinajstić information content (AvgIpc) is 2.40. The average molecular weight is 400 g/mol. The minimum Gasteiger partial charge on any atom is -0.116 e. The summed E-state index contributed by atoms with van der Waals surface area (Å²) < 4.78 is -0.273. The fourth-order valence-corrected chi connectivity index (χ4v) is 6.30. The second-order valence-corrected chi connectivity index (χ2v) is 10.7. The van der Waals surface area contributed by atoms with Crippen molar-refractivity contribution in [2.45, 2.75) is 21.2 Å². The molecule has 0 radical (unpaired) electrons. The van der Waals surface area contributed by atoms with Gasteiger partial charge in [0.2, 0.25) is 0 Å². The Kier molecular flexibility index (Phi) is 4.80. The molecule has 2 atom stereocenters. The van der Waals surface area contributed by atoms with Gasteiger partial charge in [0.15, 0.2) is 0 Å². The van der Waals surface area contributed by atoms with Gasteiger partial charge < -0.3 is 0 Å². The Bertz CT molecular complexity index is 471. The third-order valence-electron chi connectivity index (χ3n) is 2.96. The standard InChI is InChI=1S/C16H16Br2S/c1-15(17,13-9-5-3-6-10-13)19-16(2,18)14-11-7-4-8-12-14/h3-12H,1-2H3. The van der Waals surface area contributed by atoms with Crippen molar-refractivity contribution in [3.8, 4) is 0 Å². The highest BCUT2D eigenvalue weighted by Crippen LogP contribution is 2.55. The molecule has 0 aromatic heterocycles. The van der Waals surface area contributed by atoms with E-state index >= 15 is 0 Å². The number of thioether (sulfide) groups is 1. The molecule has 2 rings (SSSR count). The van der Waals surface area contributed by atoms with E-state index in [0.717, 1.165) is 0 Å². The van der Waals surface area contributed by atoms with Crippen molar-refractivity contribution in [2.75, 3.05) is 0 Å². The summed E-state index contributed by atoms with van der Waals surface area (Å²) in [6, 6.07) is 21.0. The molecule has 0 heterocycles. The maximum atomic E-state index is 3.86. The van der Waals surface area contributed by atoms with Gasteiger partial charge in [0.05, 0.1) is 7.31 Å². The highest BCUT2D eigenvalue weighted by atomic mass is 79.9. The Morgan fingerprint density at radius 2 is 1.00 bits per heavy atom. The third kappa shape index (κ3) is 3.87. The molecule has 0 saturated heterocycles. The van der Waals surface area contributed by atoms with Gasteiger partial charge in [0.25, 0.3) is 0 Å².